The summed E-state index contributed by atoms with van der Waals surface area (Å²) < 4.78 is 1.87. The lowest BCUT2D eigenvalue weighted by molar-refractivity contribution is -0.144. The Bertz CT molecular complexity index is 1080. The van der Waals surface area contributed by atoms with Crippen LogP contribution in [-0.2, 0) is 11.3 Å². The number of aromatic nitrogens is 2. The Kier molecular flexibility index (Phi) is 3.68. The van der Waals surface area contributed by atoms with Gasteiger partial charge in [-0.25, -0.2) is 0 Å². The van der Waals surface area contributed by atoms with E-state index in [1.807, 2.05) is 47.2 Å². The number of H-pyrrole nitrogens is 1. The molecule has 6 heteroatoms. The molecule has 0 spiro atoms. The maximum atomic E-state index is 12.2. The normalized spacial score (nSPS) is 23.1. The van der Waals surface area contributed by atoms with Crippen molar-refractivity contribution in [2.75, 3.05) is 13.1 Å². The van der Waals surface area contributed by atoms with Crippen LogP contribution in [0.3, 0.4) is 0 Å². The number of fused-ring (bicyclic) bond motifs is 5. The summed E-state index contributed by atoms with van der Waals surface area (Å²) in [4.78, 5) is 29.7. The fourth-order valence-electron chi connectivity index (χ4n) is 4.95. The van der Waals surface area contributed by atoms with E-state index in [9.17, 15) is 14.7 Å². The zero-order chi connectivity index (χ0) is 18.5. The fourth-order valence-corrected chi connectivity index (χ4v) is 4.95. The molecule has 2 bridgehead atoms. The summed E-state index contributed by atoms with van der Waals surface area (Å²) >= 11 is 0. The molecule has 4 heterocycles. The van der Waals surface area contributed by atoms with Gasteiger partial charge in [0.15, 0.2) is 0 Å². The molecule has 2 aromatic heterocycles. The molecule has 2 aliphatic heterocycles. The van der Waals surface area contributed by atoms with Gasteiger partial charge in [-0.2, -0.15) is 0 Å². The molecule has 0 aliphatic carbocycles. The van der Waals surface area contributed by atoms with E-state index >= 15 is 0 Å². The lowest BCUT2D eigenvalue weighted by atomic mass is 9.82. The molecule has 3 unspecified atom stereocenters. The summed E-state index contributed by atoms with van der Waals surface area (Å²) in [5, 5.41) is 11.0. The van der Waals surface area contributed by atoms with E-state index in [2.05, 4.69) is 9.88 Å². The number of piperidine rings is 1. The second-order valence-electron chi connectivity index (χ2n) is 7.68. The van der Waals surface area contributed by atoms with Crippen LogP contribution in [0.15, 0.2) is 53.5 Å². The summed E-state index contributed by atoms with van der Waals surface area (Å²) in [6.07, 6.45) is 2.84. The molecule has 138 valence electrons. The highest BCUT2D eigenvalue weighted by Gasteiger charge is 2.40. The summed E-state index contributed by atoms with van der Waals surface area (Å²) in [6.45, 7) is 2.01. The van der Waals surface area contributed by atoms with Crippen molar-refractivity contribution in [3.8, 4) is 0 Å². The van der Waals surface area contributed by atoms with E-state index in [0.29, 0.717) is 25.6 Å². The van der Waals surface area contributed by atoms with Crippen molar-refractivity contribution in [2.24, 2.45) is 5.92 Å². The lowest BCUT2D eigenvalue weighted by Crippen LogP contribution is -2.49. The van der Waals surface area contributed by atoms with E-state index in [1.54, 1.807) is 6.07 Å². The van der Waals surface area contributed by atoms with Crippen LogP contribution in [0.25, 0.3) is 10.9 Å². The van der Waals surface area contributed by atoms with E-state index < -0.39 is 12.0 Å². The van der Waals surface area contributed by atoms with Crippen molar-refractivity contribution < 1.29 is 9.90 Å². The van der Waals surface area contributed by atoms with Crippen LogP contribution in [-0.4, -0.2) is 38.6 Å². The number of pyridine rings is 1. The van der Waals surface area contributed by atoms with E-state index in [-0.39, 0.29) is 11.5 Å². The molecule has 0 saturated carbocycles. The quantitative estimate of drug-likeness (QED) is 0.750. The lowest BCUT2D eigenvalue weighted by Gasteiger charge is -2.44. The number of carboxylic acids is 1. The number of aromatic amines is 1. The Morgan fingerprint density at radius 3 is 2.81 bits per heavy atom. The van der Waals surface area contributed by atoms with Gasteiger partial charge < -0.3 is 14.7 Å². The molecule has 1 saturated heterocycles. The number of carboxylic acid groups (broad SMARTS) is 1. The molecule has 3 aromatic rings. The third kappa shape index (κ3) is 2.59. The summed E-state index contributed by atoms with van der Waals surface area (Å²) in [6, 6.07) is 12.5. The Hall–Kier alpha value is -2.86. The van der Waals surface area contributed by atoms with Crippen LogP contribution in [0.2, 0.25) is 0 Å². The molecule has 27 heavy (non-hydrogen) atoms. The van der Waals surface area contributed by atoms with E-state index in [1.165, 1.54) is 0 Å². The number of para-hydroxylation sites is 1. The fraction of sp³-hybridized carbons (Fsp3) is 0.333. The average molecular weight is 363 g/mol. The predicted octanol–water partition coefficient (Wildman–Crippen LogP) is 2.57. The van der Waals surface area contributed by atoms with Gasteiger partial charge in [-0.1, -0.05) is 24.3 Å². The van der Waals surface area contributed by atoms with Crippen molar-refractivity contribution in [3.63, 3.8) is 0 Å². The van der Waals surface area contributed by atoms with Gasteiger partial charge in [-0.15, -0.1) is 0 Å². The predicted molar refractivity (Wildman–Crippen MR) is 102 cm³/mol. The highest BCUT2D eigenvalue weighted by atomic mass is 16.4. The third-order valence-corrected chi connectivity index (χ3v) is 6.02. The Balaban J connectivity index is 1.54. The summed E-state index contributed by atoms with van der Waals surface area (Å²) in [5.74, 6) is -0.341. The second kappa shape index (κ2) is 6.09. The largest absolute Gasteiger partial charge is 0.480 e. The number of hydrogen-bond acceptors (Lipinski definition) is 3. The highest BCUT2D eigenvalue weighted by Crippen LogP contribution is 2.39. The first-order chi connectivity index (χ1) is 13.1. The molecule has 2 aliphatic rings. The molecule has 1 fully saturated rings. The number of hydrogen-bond donors (Lipinski definition) is 2. The summed E-state index contributed by atoms with van der Waals surface area (Å²) in [5.41, 5.74) is 2.84. The van der Waals surface area contributed by atoms with Crippen LogP contribution in [0.4, 0.5) is 0 Å². The monoisotopic (exact) mass is 363 g/mol. The number of benzene rings is 1. The van der Waals surface area contributed by atoms with Crippen molar-refractivity contribution >= 4 is 16.9 Å². The Morgan fingerprint density at radius 2 is 1.96 bits per heavy atom. The van der Waals surface area contributed by atoms with E-state index in [4.69, 9.17) is 0 Å². The topological polar surface area (TPSA) is 78.3 Å². The molecular weight excluding hydrogens is 342 g/mol. The minimum absolute atomic E-state index is 0.0436. The molecule has 0 radical (unpaired) electrons. The Labute approximate surface area is 156 Å². The van der Waals surface area contributed by atoms with Crippen LogP contribution in [0.1, 0.15) is 29.6 Å². The van der Waals surface area contributed by atoms with Gasteiger partial charge >= 0.3 is 5.97 Å². The van der Waals surface area contributed by atoms with Gasteiger partial charge in [0.25, 0.3) is 5.56 Å². The number of nitrogens with zero attached hydrogens (tertiary/aromatic N) is 2. The molecular formula is C21H21N3O3. The van der Waals surface area contributed by atoms with E-state index in [0.717, 1.165) is 28.6 Å². The SMILES string of the molecule is O=C(O)C(c1c[nH]c2ccccc12)N1CC2CC(C1)c1cccc(=O)n1C2. The maximum Gasteiger partial charge on any atom is 0.325 e. The number of nitrogens with one attached hydrogen (secondary N) is 1. The second-order valence-corrected chi connectivity index (χ2v) is 7.68. The van der Waals surface area contributed by atoms with Gasteiger partial charge in [0.05, 0.1) is 0 Å². The molecule has 5 rings (SSSR count). The van der Waals surface area contributed by atoms with Gasteiger partial charge in [-0.3, -0.25) is 14.5 Å². The zero-order valence-corrected chi connectivity index (χ0v) is 14.8. The minimum atomic E-state index is -0.829. The van der Waals surface area contributed by atoms with Gasteiger partial charge in [-0.05, 0) is 24.5 Å². The molecule has 3 atom stereocenters. The van der Waals surface area contributed by atoms with Crippen LogP contribution in [0.5, 0.6) is 0 Å². The highest BCUT2D eigenvalue weighted by molar-refractivity contribution is 5.89. The minimum Gasteiger partial charge on any atom is -0.480 e. The zero-order valence-electron chi connectivity index (χ0n) is 14.8. The summed E-state index contributed by atoms with van der Waals surface area (Å²) in [7, 11) is 0. The first kappa shape index (κ1) is 16.3. The van der Waals surface area contributed by atoms with Crippen molar-refractivity contribution in [2.45, 2.75) is 24.9 Å². The van der Waals surface area contributed by atoms with Gasteiger partial charge in [0.1, 0.15) is 6.04 Å². The number of aliphatic carboxylic acids is 1. The van der Waals surface area contributed by atoms with Crippen molar-refractivity contribution in [3.05, 3.63) is 70.3 Å². The number of carbonyl (C=O) groups is 1. The maximum absolute atomic E-state index is 12.2. The Morgan fingerprint density at radius 1 is 1.11 bits per heavy atom. The molecule has 1 aromatic carbocycles. The van der Waals surface area contributed by atoms with Crippen LogP contribution in [0, 0.1) is 5.92 Å². The van der Waals surface area contributed by atoms with Gasteiger partial charge in [0, 0.05) is 60.0 Å². The van der Waals surface area contributed by atoms with Crippen molar-refractivity contribution in [1.82, 2.24) is 14.5 Å². The first-order valence-electron chi connectivity index (χ1n) is 9.34. The number of rotatable bonds is 3. The van der Waals surface area contributed by atoms with Crippen LogP contribution >= 0.6 is 0 Å². The first-order valence-corrected chi connectivity index (χ1v) is 9.34. The molecule has 6 nitrogen and oxygen atoms in total. The number of likely N-dealkylation sites (tertiary alicyclic amines) is 1. The molecule has 2 N–H and O–H groups in total. The molecule has 0 amide bonds. The third-order valence-electron chi connectivity index (χ3n) is 6.02. The average Bonchev–Trinajstić information content (AvgIpc) is 3.06. The van der Waals surface area contributed by atoms with Gasteiger partial charge in [0.2, 0.25) is 0 Å². The smallest absolute Gasteiger partial charge is 0.325 e. The van der Waals surface area contributed by atoms with Crippen LogP contribution < -0.4 is 5.56 Å². The van der Waals surface area contributed by atoms with Crippen molar-refractivity contribution in [1.29, 1.82) is 0 Å². The standard InChI is InChI=1S/C21H21N3O3/c25-19-7-3-6-18-14-8-13(11-24(18)19)10-23(12-14)20(21(26)27)16-9-22-17-5-2-1-4-15(16)17/h1-7,9,13-14,20,22H,8,10-12H2,(H,26,27).